The second kappa shape index (κ2) is 4.81. The lowest BCUT2D eigenvalue weighted by Gasteiger charge is -2.23. The van der Waals surface area contributed by atoms with Crippen molar-refractivity contribution in [2.45, 2.75) is 18.9 Å². The van der Waals surface area contributed by atoms with Crippen LogP contribution in [0.2, 0.25) is 0 Å². The van der Waals surface area contributed by atoms with Gasteiger partial charge in [-0.3, -0.25) is 4.79 Å². The Morgan fingerprint density at radius 2 is 2.53 bits per heavy atom. The number of amides is 1. The van der Waals surface area contributed by atoms with Gasteiger partial charge in [-0.2, -0.15) is 0 Å². The van der Waals surface area contributed by atoms with Gasteiger partial charge in [0.2, 0.25) is 0 Å². The molecule has 15 heavy (non-hydrogen) atoms. The first-order valence-electron chi connectivity index (χ1n) is 5.02. The second-order valence-corrected chi connectivity index (χ2v) is 4.34. The molecule has 1 fully saturated rings. The zero-order valence-electron chi connectivity index (χ0n) is 8.25. The Morgan fingerprint density at radius 1 is 1.67 bits per heavy atom. The third-order valence-electron chi connectivity index (χ3n) is 2.49. The molecule has 2 heterocycles. The van der Waals surface area contributed by atoms with Gasteiger partial charge in [-0.1, -0.05) is 0 Å². The molecule has 1 aliphatic heterocycles. The van der Waals surface area contributed by atoms with E-state index in [1.165, 1.54) is 6.26 Å². The van der Waals surface area contributed by atoms with Crippen molar-refractivity contribution in [1.29, 1.82) is 0 Å². The van der Waals surface area contributed by atoms with Crippen LogP contribution in [0.25, 0.3) is 0 Å². The predicted molar refractivity (Wildman–Crippen MR) is 59.8 cm³/mol. The van der Waals surface area contributed by atoms with E-state index in [2.05, 4.69) is 26.6 Å². The lowest BCUT2D eigenvalue weighted by molar-refractivity contribution is 0.0929. The Hall–Kier alpha value is -0.810. The minimum atomic E-state index is -0.0793. The molecule has 0 aromatic carbocycles. The zero-order valence-corrected chi connectivity index (χ0v) is 9.84. The number of hydrogen-bond acceptors (Lipinski definition) is 3. The summed E-state index contributed by atoms with van der Waals surface area (Å²) in [5.74, 6) is -0.0793. The number of carbonyl (C=O) groups excluding carboxylic acids is 1. The number of hydrogen-bond donors (Lipinski definition) is 2. The Morgan fingerprint density at radius 3 is 3.13 bits per heavy atom. The third kappa shape index (κ3) is 2.60. The highest BCUT2D eigenvalue weighted by atomic mass is 79.9. The van der Waals surface area contributed by atoms with E-state index in [1.807, 2.05) is 0 Å². The molecule has 0 saturated carbocycles. The Bertz CT molecular complexity index is 345. The van der Waals surface area contributed by atoms with E-state index in [1.54, 1.807) is 6.07 Å². The lowest BCUT2D eigenvalue weighted by atomic mass is 10.1. The maximum Gasteiger partial charge on any atom is 0.256 e. The molecule has 1 atom stereocenters. The number of nitrogens with one attached hydrogen (secondary N) is 2. The fourth-order valence-electron chi connectivity index (χ4n) is 1.69. The van der Waals surface area contributed by atoms with Crippen LogP contribution < -0.4 is 10.6 Å². The van der Waals surface area contributed by atoms with Gasteiger partial charge in [0.15, 0.2) is 4.67 Å². The first kappa shape index (κ1) is 10.7. The number of halogens is 1. The maximum absolute atomic E-state index is 11.8. The molecular formula is C10H13BrN2O2. The average molecular weight is 273 g/mol. The van der Waals surface area contributed by atoms with Crippen molar-refractivity contribution in [3.05, 3.63) is 22.6 Å². The lowest BCUT2D eigenvalue weighted by Crippen LogP contribution is -2.45. The average Bonchev–Trinajstić information content (AvgIpc) is 2.66. The van der Waals surface area contributed by atoms with E-state index >= 15 is 0 Å². The van der Waals surface area contributed by atoms with Crippen molar-refractivity contribution in [2.24, 2.45) is 0 Å². The van der Waals surface area contributed by atoms with Crippen molar-refractivity contribution in [2.75, 3.05) is 13.1 Å². The van der Waals surface area contributed by atoms with Crippen molar-refractivity contribution in [3.63, 3.8) is 0 Å². The summed E-state index contributed by atoms with van der Waals surface area (Å²) in [6.45, 7) is 1.89. The first-order valence-corrected chi connectivity index (χ1v) is 5.81. The highest BCUT2D eigenvalue weighted by Gasteiger charge is 2.18. The summed E-state index contributed by atoms with van der Waals surface area (Å²) in [7, 11) is 0. The summed E-state index contributed by atoms with van der Waals surface area (Å²) in [5.41, 5.74) is 0.556. The first-order chi connectivity index (χ1) is 7.27. The molecule has 1 amide bonds. The summed E-state index contributed by atoms with van der Waals surface area (Å²) in [5, 5.41) is 6.22. The van der Waals surface area contributed by atoms with Crippen LogP contribution in [0, 0.1) is 0 Å². The normalized spacial score (nSPS) is 21.3. The van der Waals surface area contributed by atoms with Gasteiger partial charge in [0.25, 0.3) is 5.91 Å². The molecule has 0 spiro atoms. The molecule has 1 aromatic rings. The fourth-order valence-corrected chi connectivity index (χ4v) is 2.11. The van der Waals surface area contributed by atoms with E-state index in [0.29, 0.717) is 10.2 Å². The van der Waals surface area contributed by atoms with E-state index in [0.717, 1.165) is 25.9 Å². The summed E-state index contributed by atoms with van der Waals surface area (Å²) in [6, 6.07) is 1.89. The van der Waals surface area contributed by atoms with Gasteiger partial charge in [-0.05, 0) is 41.4 Å². The minimum Gasteiger partial charge on any atom is -0.457 e. The SMILES string of the molecule is O=C(N[C@H]1CCCNC1)c1ccoc1Br. The van der Waals surface area contributed by atoms with Crippen molar-refractivity contribution in [1.82, 2.24) is 10.6 Å². The number of furan rings is 1. The molecule has 2 N–H and O–H groups in total. The van der Waals surface area contributed by atoms with Crippen LogP contribution in [0.3, 0.4) is 0 Å². The number of piperidine rings is 1. The molecule has 1 saturated heterocycles. The third-order valence-corrected chi connectivity index (χ3v) is 3.11. The van der Waals surface area contributed by atoms with E-state index in [-0.39, 0.29) is 11.9 Å². The summed E-state index contributed by atoms with van der Waals surface area (Å²) in [6.07, 6.45) is 3.64. The smallest absolute Gasteiger partial charge is 0.256 e. The van der Waals surface area contributed by atoms with Gasteiger partial charge < -0.3 is 15.1 Å². The molecule has 5 heteroatoms. The van der Waals surface area contributed by atoms with Crippen LogP contribution in [-0.4, -0.2) is 25.0 Å². The Kier molecular flexibility index (Phi) is 3.43. The molecular weight excluding hydrogens is 260 g/mol. The molecule has 1 aliphatic rings. The Labute approximate surface area is 96.5 Å². The van der Waals surface area contributed by atoms with Gasteiger partial charge in [0.05, 0.1) is 11.8 Å². The molecule has 0 radical (unpaired) electrons. The van der Waals surface area contributed by atoms with Crippen LogP contribution >= 0.6 is 15.9 Å². The van der Waals surface area contributed by atoms with Gasteiger partial charge in [0.1, 0.15) is 0 Å². The molecule has 0 aliphatic carbocycles. The van der Waals surface area contributed by atoms with Crippen LogP contribution in [0.15, 0.2) is 21.4 Å². The number of carbonyl (C=O) groups is 1. The number of rotatable bonds is 2. The van der Waals surface area contributed by atoms with Crippen LogP contribution in [0.5, 0.6) is 0 Å². The second-order valence-electron chi connectivity index (χ2n) is 3.62. The van der Waals surface area contributed by atoms with Gasteiger partial charge >= 0.3 is 0 Å². The van der Waals surface area contributed by atoms with Crippen molar-refractivity contribution >= 4 is 21.8 Å². The highest BCUT2D eigenvalue weighted by molar-refractivity contribution is 9.10. The van der Waals surface area contributed by atoms with Crippen LogP contribution in [-0.2, 0) is 0 Å². The maximum atomic E-state index is 11.8. The van der Waals surface area contributed by atoms with Crippen LogP contribution in [0.4, 0.5) is 0 Å². The molecule has 0 bridgehead atoms. The van der Waals surface area contributed by atoms with Gasteiger partial charge in [-0.25, -0.2) is 0 Å². The van der Waals surface area contributed by atoms with Gasteiger partial charge in [0, 0.05) is 12.6 Å². The summed E-state index contributed by atoms with van der Waals surface area (Å²) in [4.78, 5) is 11.8. The Balaban J connectivity index is 1.94. The van der Waals surface area contributed by atoms with Gasteiger partial charge in [-0.15, -0.1) is 0 Å². The van der Waals surface area contributed by atoms with Crippen LogP contribution in [0.1, 0.15) is 23.2 Å². The monoisotopic (exact) mass is 272 g/mol. The predicted octanol–water partition coefficient (Wildman–Crippen LogP) is 1.52. The topological polar surface area (TPSA) is 54.3 Å². The van der Waals surface area contributed by atoms with E-state index in [4.69, 9.17) is 4.42 Å². The quantitative estimate of drug-likeness (QED) is 0.859. The standard InChI is InChI=1S/C10H13BrN2O2/c11-9-8(3-5-15-9)10(14)13-7-2-1-4-12-6-7/h3,5,7,12H,1-2,4,6H2,(H,13,14)/t7-/m0/s1. The molecule has 0 unspecified atom stereocenters. The highest BCUT2D eigenvalue weighted by Crippen LogP contribution is 2.17. The van der Waals surface area contributed by atoms with Crippen molar-refractivity contribution < 1.29 is 9.21 Å². The summed E-state index contributed by atoms with van der Waals surface area (Å²) >= 11 is 3.19. The fraction of sp³-hybridized carbons (Fsp3) is 0.500. The zero-order chi connectivity index (χ0) is 10.7. The largest absolute Gasteiger partial charge is 0.457 e. The van der Waals surface area contributed by atoms with Crippen molar-refractivity contribution in [3.8, 4) is 0 Å². The molecule has 2 rings (SSSR count). The summed E-state index contributed by atoms with van der Waals surface area (Å²) < 4.78 is 5.50. The minimum absolute atomic E-state index is 0.0793. The molecule has 1 aromatic heterocycles. The molecule has 4 nitrogen and oxygen atoms in total. The van der Waals surface area contributed by atoms with E-state index in [9.17, 15) is 4.79 Å². The molecule has 82 valence electrons. The van der Waals surface area contributed by atoms with E-state index < -0.39 is 0 Å².